The molecule has 1 aromatic carbocycles. The zero-order valence-corrected chi connectivity index (χ0v) is 14.6. The molecule has 120 valence electrons. The molecule has 0 aliphatic carbocycles. The van der Waals surface area contributed by atoms with Crippen LogP contribution in [0.25, 0.3) is 0 Å². The van der Waals surface area contributed by atoms with Crippen LogP contribution in [0, 0.1) is 5.92 Å². The van der Waals surface area contributed by atoms with Crippen molar-refractivity contribution >= 4 is 0 Å². The minimum absolute atomic E-state index is 0.309. The van der Waals surface area contributed by atoms with E-state index in [0.29, 0.717) is 5.41 Å². The topological polar surface area (TPSA) is 12.0 Å². The van der Waals surface area contributed by atoms with Crippen LogP contribution in [-0.4, -0.2) is 13.1 Å². The first-order chi connectivity index (χ1) is 10.1. The first-order valence-corrected chi connectivity index (χ1v) is 8.91. The van der Waals surface area contributed by atoms with Gasteiger partial charge in [0.1, 0.15) is 0 Å². The van der Waals surface area contributed by atoms with Gasteiger partial charge in [0.15, 0.2) is 0 Å². The van der Waals surface area contributed by atoms with E-state index in [9.17, 15) is 0 Å². The lowest BCUT2D eigenvalue weighted by molar-refractivity contribution is 0.333. The van der Waals surface area contributed by atoms with Crippen molar-refractivity contribution < 1.29 is 0 Å². The highest BCUT2D eigenvalue weighted by atomic mass is 14.9. The van der Waals surface area contributed by atoms with E-state index >= 15 is 0 Å². The average Bonchev–Trinajstić information content (AvgIpc) is 2.50. The van der Waals surface area contributed by atoms with Crippen LogP contribution < -0.4 is 5.32 Å². The Kier molecular flexibility index (Phi) is 8.68. The van der Waals surface area contributed by atoms with Gasteiger partial charge in [0, 0.05) is 12.0 Å². The minimum atomic E-state index is 0.309. The molecule has 0 saturated carbocycles. The van der Waals surface area contributed by atoms with Crippen molar-refractivity contribution in [1.82, 2.24) is 5.32 Å². The third-order valence-electron chi connectivity index (χ3n) is 4.59. The zero-order chi connectivity index (χ0) is 15.6. The second-order valence-corrected chi connectivity index (χ2v) is 6.84. The lowest BCUT2D eigenvalue weighted by Crippen LogP contribution is -2.39. The molecule has 0 spiro atoms. The number of benzene rings is 1. The van der Waals surface area contributed by atoms with Gasteiger partial charge in [-0.3, -0.25) is 0 Å². The van der Waals surface area contributed by atoms with Gasteiger partial charge in [-0.15, -0.1) is 0 Å². The summed E-state index contributed by atoms with van der Waals surface area (Å²) in [6.45, 7) is 11.4. The van der Waals surface area contributed by atoms with Gasteiger partial charge in [-0.1, -0.05) is 83.7 Å². The molecular formula is C20H35N. The third kappa shape index (κ3) is 6.22. The maximum Gasteiger partial charge on any atom is 0.00751 e. The first kappa shape index (κ1) is 18.2. The predicted molar refractivity (Wildman–Crippen MR) is 94.9 cm³/mol. The lowest BCUT2D eigenvalue weighted by Gasteiger charge is -2.34. The van der Waals surface area contributed by atoms with Gasteiger partial charge < -0.3 is 5.32 Å². The van der Waals surface area contributed by atoms with E-state index in [4.69, 9.17) is 0 Å². The molecule has 21 heavy (non-hydrogen) atoms. The van der Waals surface area contributed by atoms with E-state index < -0.39 is 0 Å². The van der Waals surface area contributed by atoms with Gasteiger partial charge >= 0.3 is 0 Å². The second-order valence-electron chi connectivity index (χ2n) is 6.84. The Morgan fingerprint density at radius 3 is 2.29 bits per heavy atom. The fraction of sp³-hybridized carbons (Fsp3) is 0.700. The van der Waals surface area contributed by atoms with Gasteiger partial charge in [0.25, 0.3) is 0 Å². The predicted octanol–water partition coefficient (Wildman–Crippen LogP) is 5.55. The summed E-state index contributed by atoms with van der Waals surface area (Å²) < 4.78 is 0. The van der Waals surface area contributed by atoms with Crippen molar-refractivity contribution in [2.24, 2.45) is 5.92 Å². The Morgan fingerprint density at radius 2 is 1.71 bits per heavy atom. The number of rotatable bonds is 11. The lowest BCUT2D eigenvalue weighted by atomic mass is 9.74. The fourth-order valence-electron chi connectivity index (χ4n) is 3.12. The second kappa shape index (κ2) is 10.00. The highest BCUT2D eigenvalue weighted by Crippen LogP contribution is 2.33. The summed E-state index contributed by atoms with van der Waals surface area (Å²) in [7, 11) is 0. The summed E-state index contributed by atoms with van der Waals surface area (Å²) >= 11 is 0. The van der Waals surface area contributed by atoms with Gasteiger partial charge in [0.2, 0.25) is 0 Å². The Morgan fingerprint density at radius 1 is 1.00 bits per heavy atom. The summed E-state index contributed by atoms with van der Waals surface area (Å²) in [5, 5.41) is 3.72. The van der Waals surface area contributed by atoms with E-state index in [0.717, 1.165) is 19.0 Å². The van der Waals surface area contributed by atoms with E-state index in [1.54, 1.807) is 0 Å². The third-order valence-corrected chi connectivity index (χ3v) is 4.59. The maximum absolute atomic E-state index is 3.72. The summed E-state index contributed by atoms with van der Waals surface area (Å²) in [5.74, 6) is 0.718. The Labute approximate surface area is 132 Å². The monoisotopic (exact) mass is 289 g/mol. The van der Waals surface area contributed by atoms with E-state index in [1.165, 1.54) is 44.1 Å². The number of unbranched alkanes of at least 4 members (excludes halogenated alkanes) is 3. The van der Waals surface area contributed by atoms with Crippen LogP contribution in [0.3, 0.4) is 0 Å². The summed E-state index contributed by atoms with van der Waals surface area (Å²) in [6.07, 6.45) is 7.92. The van der Waals surface area contributed by atoms with Crippen LogP contribution in [0.1, 0.15) is 71.8 Å². The molecule has 1 nitrogen and oxygen atoms in total. The molecule has 0 amide bonds. The molecule has 1 unspecified atom stereocenters. The molecule has 0 saturated heterocycles. The molecule has 0 aromatic heterocycles. The number of hydrogen-bond acceptors (Lipinski definition) is 1. The minimum Gasteiger partial charge on any atom is -0.316 e. The largest absolute Gasteiger partial charge is 0.316 e. The zero-order valence-electron chi connectivity index (χ0n) is 14.6. The van der Waals surface area contributed by atoms with E-state index in [-0.39, 0.29) is 0 Å². The molecule has 0 aliphatic rings. The smallest absolute Gasteiger partial charge is 0.00751 e. The van der Waals surface area contributed by atoms with Crippen LogP contribution in [0.15, 0.2) is 30.3 Å². The van der Waals surface area contributed by atoms with Gasteiger partial charge in [-0.2, -0.15) is 0 Å². The number of nitrogens with one attached hydrogen (secondary N) is 1. The normalized spacial score (nSPS) is 14.3. The summed E-state index contributed by atoms with van der Waals surface area (Å²) in [4.78, 5) is 0. The quantitative estimate of drug-likeness (QED) is 0.527. The highest BCUT2D eigenvalue weighted by molar-refractivity contribution is 5.26. The molecule has 0 fully saturated rings. The average molecular weight is 290 g/mol. The molecule has 0 radical (unpaired) electrons. The number of hydrogen-bond donors (Lipinski definition) is 1. The Hall–Kier alpha value is -0.820. The van der Waals surface area contributed by atoms with Crippen molar-refractivity contribution in [2.45, 2.75) is 71.6 Å². The van der Waals surface area contributed by atoms with Crippen LogP contribution in [0.4, 0.5) is 0 Å². The molecule has 1 atom stereocenters. The Balaban J connectivity index is 2.74. The van der Waals surface area contributed by atoms with Gasteiger partial charge in [-0.25, -0.2) is 0 Å². The van der Waals surface area contributed by atoms with Gasteiger partial charge in [-0.05, 0) is 30.9 Å². The van der Waals surface area contributed by atoms with Crippen molar-refractivity contribution in [2.75, 3.05) is 13.1 Å². The Bertz CT molecular complexity index is 357. The van der Waals surface area contributed by atoms with Gasteiger partial charge in [0.05, 0.1) is 0 Å². The van der Waals surface area contributed by atoms with Crippen molar-refractivity contribution in [3.05, 3.63) is 35.9 Å². The maximum atomic E-state index is 3.72. The van der Waals surface area contributed by atoms with Crippen LogP contribution >= 0.6 is 0 Å². The molecule has 1 N–H and O–H groups in total. The molecule has 1 aromatic rings. The van der Waals surface area contributed by atoms with Crippen molar-refractivity contribution in [1.29, 1.82) is 0 Å². The van der Waals surface area contributed by atoms with Crippen LogP contribution in [-0.2, 0) is 5.41 Å². The van der Waals surface area contributed by atoms with Crippen molar-refractivity contribution in [3.63, 3.8) is 0 Å². The molecule has 0 bridgehead atoms. The van der Waals surface area contributed by atoms with E-state index in [1.807, 2.05) is 0 Å². The molecular weight excluding hydrogens is 254 g/mol. The SMILES string of the molecule is CCCCCCC(CC)(CNCC(C)C)c1ccccc1. The van der Waals surface area contributed by atoms with E-state index in [2.05, 4.69) is 63.3 Å². The standard InChI is InChI=1S/C20H35N/c1-5-7-8-12-15-20(6-2,17-21-16-18(3)4)19-13-10-9-11-14-19/h9-11,13-14,18,21H,5-8,12,15-17H2,1-4H3. The first-order valence-electron chi connectivity index (χ1n) is 8.91. The molecule has 0 aliphatic heterocycles. The molecule has 0 heterocycles. The molecule has 1 rings (SSSR count). The van der Waals surface area contributed by atoms with Crippen LogP contribution in [0.2, 0.25) is 0 Å². The fourth-order valence-corrected chi connectivity index (χ4v) is 3.12. The highest BCUT2D eigenvalue weighted by Gasteiger charge is 2.29. The van der Waals surface area contributed by atoms with Crippen LogP contribution in [0.5, 0.6) is 0 Å². The molecule has 1 heteroatoms. The van der Waals surface area contributed by atoms with Crippen molar-refractivity contribution in [3.8, 4) is 0 Å². The summed E-state index contributed by atoms with van der Waals surface area (Å²) in [5.41, 5.74) is 1.82. The summed E-state index contributed by atoms with van der Waals surface area (Å²) in [6, 6.07) is 11.1.